The van der Waals surface area contributed by atoms with Crippen molar-refractivity contribution in [1.82, 2.24) is 5.32 Å². The Balaban J connectivity index is 2.81. The summed E-state index contributed by atoms with van der Waals surface area (Å²) in [6.07, 6.45) is 1.90. The van der Waals surface area contributed by atoms with Crippen LogP contribution in [-0.2, 0) is 0 Å². The molecule has 0 aromatic heterocycles. The lowest BCUT2D eigenvalue weighted by atomic mass is 9.84. The Kier molecular flexibility index (Phi) is 6.47. The van der Waals surface area contributed by atoms with Gasteiger partial charge in [-0.25, -0.2) is 4.39 Å². The van der Waals surface area contributed by atoms with Gasteiger partial charge in [0.25, 0.3) is 5.91 Å². The van der Waals surface area contributed by atoms with Crippen molar-refractivity contribution in [1.29, 1.82) is 0 Å². The summed E-state index contributed by atoms with van der Waals surface area (Å²) in [5.41, 5.74) is 0.0890. The fourth-order valence-corrected chi connectivity index (χ4v) is 3.32. The Labute approximate surface area is 130 Å². The minimum atomic E-state index is -0.510. The predicted molar refractivity (Wildman–Crippen MR) is 83.2 cm³/mol. The van der Waals surface area contributed by atoms with Crippen molar-refractivity contribution in [2.75, 3.05) is 11.9 Å². The van der Waals surface area contributed by atoms with Crippen LogP contribution in [0.3, 0.4) is 0 Å². The summed E-state index contributed by atoms with van der Waals surface area (Å²) in [6.45, 7) is 4.72. The molecule has 0 heterocycles. The van der Waals surface area contributed by atoms with Crippen LogP contribution in [0, 0.1) is 11.2 Å². The van der Waals surface area contributed by atoms with Gasteiger partial charge in [0.2, 0.25) is 0 Å². The molecule has 0 saturated carbocycles. The zero-order valence-electron chi connectivity index (χ0n) is 11.1. The van der Waals surface area contributed by atoms with Crippen LogP contribution in [0.2, 0.25) is 0 Å². The van der Waals surface area contributed by atoms with Crippen molar-refractivity contribution < 1.29 is 9.18 Å². The van der Waals surface area contributed by atoms with Crippen LogP contribution in [0.25, 0.3) is 0 Å². The third-order valence-corrected chi connectivity index (χ3v) is 5.45. The molecule has 1 rings (SSSR count). The van der Waals surface area contributed by atoms with E-state index in [4.69, 9.17) is 0 Å². The maximum absolute atomic E-state index is 13.7. The van der Waals surface area contributed by atoms with Crippen molar-refractivity contribution in [2.45, 2.75) is 26.7 Å². The Bertz CT molecular complexity index is 419. The van der Waals surface area contributed by atoms with E-state index in [0.29, 0.717) is 11.0 Å². The van der Waals surface area contributed by atoms with Crippen LogP contribution in [0.4, 0.5) is 4.39 Å². The average Bonchev–Trinajstić information content (AvgIpc) is 2.41. The fraction of sp³-hybridized carbons (Fsp3) is 0.500. The van der Waals surface area contributed by atoms with Gasteiger partial charge in [0, 0.05) is 16.3 Å². The van der Waals surface area contributed by atoms with Crippen LogP contribution in [0.1, 0.15) is 37.0 Å². The fourth-order valence-electron chi connectivity index (χ4n) is 1.81. The second kappa shape index (κ2) is 7.39. The van der Waals surface area contributed by atoms with Crippen LogP contribution >= 0.6 is 31.9 Å². The molecule has 5 heteroatoms. The monoisotopic (exact) mass is 393 g/mol. The number of rotatable bonds is 6. The van der Waals surface area contributed by atoms with Crippen molar-refractivity contribution in [3.05, 3.63) is 34.1 Å². The highest BCUT2D eigenvalue weighted by atomic mass is 79.9. The maximum Gasteiger partial charge on any atom is 0.255 e. The Morgan fingerprint density at radius 2 is 2.00 bits per heavy atom. The normalized spacial score (nSPS) is 11.4. The number of amides is 1. The largest absolute Gasteiger partial charge is 0.351 e. The Morgan fingerprint density at radius 1 is 1.37 bits per heavy atom. The van der Waals surface area contributed by atoms with Crippen molar-refractivity contribution in [3.8, 4) is 0 Å². The minimum absolute atomic E-state index is 0.0212. The molecule has 1 aromatic rings. The Hall–Kier alpha value is -0.420. The quantitative estimate of drug-likeness (QED) is 0.706. The molecule has 0 aliphatic heterocycles. The molecule has 0 spiro atoms. The smallest absolute Gasteiger partial charge is 0.255 e. The van der Waals surface area contributed by atoms with E-state index in [1.54, 1.807) is 12.1 Å². The van der Waals surface area contributed by atoms with Crippen LogP contribution < -0.4 is 5.32 Å². The summed E-state index contributed by atoms with van der Waals surface area (Å²) in [7, 11) is 0. The number of halogens is 3. The molecule has 0 saturated heterocycles. The predicted octanol–water partition coefficient (Wildman–Crippen LogP) is 4.52. The first-order chi connectivity index (χ1) is 8.99. The molecule has 0 bridgehead atoms. The first-order valence-corrected chi connectivity index (χ1v) is 8.19. The standard InChI is InChI=1S/C14H18Br2FNO/c1-3-14(4-2,8-15)9-18-13(19)12-10(16)6-5-7-11(12)17/h5-7H,3-4,8-9H2,1-2H3,(H,18,19). The summed E-state index contributed by atoms with van der Waals surface area (Å²) in [5.74, 6) is -0.887. The molecule has 0 fully saturated rings. The third kappa shape index (κ3) is 4.02. The molecule has 1 amide bonds. The molecule has 0 atom stereocenters. The minimum Gasteiger partial charge on any atom is -0.351 e. The highest BCUT2D eigenvalue weighted by Gasteiger charge is 2.26. The molecule has 0 radical (unpaired) electrons. The summed E-state index contributed by atoms with van der Waals surface area (Å²) in [6, 6.07) is 4.52. The number of hydrogen-bond acceptors (Lipinski definition) is 1. The van der Waals surface area contributed by atoms with E-state index in [9.17, 15) is 9.18 Å². The average molecular weight is 395 g/mol. The highest BCUT2D eigenvalue weighted by Crippen LogP contribution is 2.28. The van der Waals surface area contributed by atoms with Crippen molar-refractivity contribution >= 4 is 37.8 Å². The highest BCUT2D eigenvalue weighted by molar-refractivity contribution is 9.10. The van der Waals surface area contributed by atoms with Gasteiger partial charge in [-0.2, -0.15) is 0 Å². The molecule has 0 aliphatic carbocycles. The van der Waals surface area contributed by atoms with Crippen LogP contribution in [0.15, 0.2) is 22.7 Å². The van der Waals surface area contributed by atoms with Gasteiger partial charge in [-0.05, 0) is 46.3 Å². The van der Waals surface area contributed by atoms with E-state index < -0.39 is 5.82 Å². The van der Waals surface area contributed by atoms with E-state index >= 15 is 0 Å². The molecule has 1 aromatic carbocycles. The van der Waals surface area contributed by atoms with E-state index in [2.05, 4.69) is 51.0 Å². The summed E-state index contributed by atoms with van der Waals surface area (Å²) in [4.78, 5) is 12.1. The third-order valence-electron chi connectivity index (χ3n) is 3.60. The van der Waals surface area contributed by atoms with E-state index in [1.807, 2.05) is 0 Å². The summed E-state index contributed by atoms with van der Waals surface area (Å²) < 4.78 is 14.1. The number of carbonyl (C=O) groups excluding carboxylic acids is 1. The van der Waals surface area contributed by atoms with Crippen LogP contribution in [-0.4, -0.2) is 17.8 Å². The lowest BCUT2D eigenvalue weighted by Crippen LogP contribution is -2.38. The second-order valence-electron chi connectivity index (χ2n) is 4.62. The maximum atomic E-state index is 13.7. The van der Waals surface area contributed by atoms with Crippen molar-refractivity contribution in [3.63, 3.8) is 0 Å². The van der Waals surface area contributed by atoms with Gasteiger partial charge in [-0.3, -0.25) is 4.79 Å². The lowest BCUT2D eigenvalue weighted by molar-refractivity contribution is 0.0927. The van der Waals surface area contributed by atoms with E-state index in [0.717, 1.165) is 18.2 Å². The lowest BCUT2D eigenvalue weighted by Gasteiger charge is -2.29. The van der Waals surface area contributed by atoms with Gasteiger partial charge < -0.3 is 5.32 Å². The Morgan fingerprint density at radius 3 is 2.47 bits per heavy atom. The number of alkyl halides is 1. The van der Waals surface area contributed by atoms with Gasteiger partial charge in [0.15, 0.2) is 0 Å². The molecular weight excluding hydrogens is 377 g/mol. The molecule has 106 valence electrons. The van der Waals surface area contributed by atoms with Gasteiger partial charge >= 0.3 is 0 Å². The molecule has 0 aliphatic rings. The summed E-state index contributed by atoms with van der Waals surface area (Å²) >= 11 is 6.70. The van der Waals surface area contributed by atoms with E-state index in [-0.39, 0.29) is 16.9 Å². The van der Waals surface area contributed by atoms with Gasteiger partial charge in [0.1, 0.15) is 5.82 Å². The molecular formula is C14H18Br2FNO. The van der Waals surface area contributed by atoms with Crippen LogP contribution in [0.5, 0.6) is 0 Å². The van der Waals surface area contributed by atoms with Gasteiger partial charge in [0.05, 0.1) is 5.56 Å². The number of benzene rings is 1. The molecule has 19 heavy (non-hydrogen) atoms. The van der Waals surface area contributed by atoms with Crippen molar-refractivity contribution in [2.24, 2.45) is 5.41 Å². The van der Waals surface area contributed by atoms with Gasteiger partial charge in [-0.1, -0.05) is 35.8 Å². The first-order valence-electron chi connectivity index (χ1n) is 6.28. The summed E-state index contributed by atoms with van der Waals surface area (Å²) in [5, 5.41) is 3.65. The van der Waals surface area contributed by atoms with E-state index in [1.165, 1.54) is 6.07 Å². The number of nitrogens with one attached hydrogen (secondary N) is 1. The molecule has 1 N–H and O–H groups in total. The SMILES string of the molecule is CCC(CC)(CBr)CNC(=O)c1c(F)cccc1Br. The zero-order chi connectivity index (χ0) is 14.5. The molecule has 0 unspecified atom stereocenters. The topological polar surface area (TPSA) is 29.1 Å². The zero-order valence-corrected chi connectivity index (χ0v) is 14.3. The molecule has 2 nitrogen and oxygen atoms in total. The number of carbonyl (C=O) groups is 1. The van der Waals surface area contributed by atoms with Gasteiger partial charge in [-0.15, -0.1) is 0 Å². The first kappa shape index (κ1) is 16.6. The number of hydrogen-bond donors (Lipinski definition) is 1. The second-order valence-corrected chi connectivity index (χ2v) is 6.04.